The summed E-state index contributed by atoms with van der Waals surface area (Å²) in [6, 6.07) is 5.22. The SMILES string of the molecule is CCN1CCN(c2ccc(F)cc2C(C)NCc2cn[nH]c2C)CC1. The van der Waals surface area contributed by atoms with E-state index >= 15 is 0 Å². The third-order valence-corrected chi connectivity index (χ3v) is 5.15. The van der Waals surface area contributed by atoms with Crippen LogP contribution in [0.4, 0.5) is 10.1 Å². The standard InChI is InChI=1S/C19H28FN5/c1-4-24-7-9-25(10-8-24)19-6-5-17(20)11-18(19)15(3)21-12-16-13-22-23-14(16)2/h5-6,11,13,15,21H,4,7-10,12H2,1-3H3,(H,22,23). The fourth-order valence-electron chi connectivity index (χ4n) is 3.39. The number of aromatic nitrogens is 2. The van der Waals surface area contributed by atoms with E-state index in [9.17, 15) is 4.39 Å². The zero-order chi connectivity index (χ0) is 17.8. The Labute approximate surface area is 149 Å². The maximum absolute atomic E-state index is 13.9. The molecule has 1 saturated heterocycles. The van der Waals surface area contributed by atoms with E-state index in [1.54, 1.807) is 12.1 Å². The summed E-state index contributed by atoms with van der Waals surface area (Å²) in [6.07, 6.45) is 1.84. The molecule has 1 aromatic carbocycles. The lowest BCUT2D eigenvalue weighted by molar-refractivity contribution is 0.271. The van der Waals surface area contributed by atoms with Crippen LogP contribution in [0.25, 0.3) is 0 Å². The fourth-order valence-corrected chi connectivity index (χ4v) is 3.39. The lowest BCUT2D eigenvalue weighted by atomic mass is 10.0. The molecule has 0 spiro atoms. The summed E-state index contributed by atoms with van der Waals surface area (Å²) in [5.74, 6) is -0.181. The van der Waals surface area contributed by atoms with Crippen LogP contribution >= 0.6 is 0 Å². The molecule has 3 rings (SSSR count). The summed E-state index contributed by atoms with van der Waals surface area (Å²) in [5.41, 5.74) is 4.36. The topological polar surface area (TPSA) is 47.2 Å². The lowest BCUT2D eigenvalue weighted by Gasteiger charge is -2.37. The van der Waals surface area contributed by atoms with Crippen LogP contribution in [0.5, 0.6) is 0 Å². The van der Waals surface area contributed by atoms with Gasteiger partial charge in [-0.25, -0.2) is 4.39 Å². The highest BCUT2D eigenvalue weighted by molar-refractivity contribution is 5.55. The number of aromatic amines is 1. The van der Waals surface area contributed by atoms with Crippen molar-refractivity contribution in [1.82, 2.24) is 20.4 Å². The number of aryl methyl sites for hydroxylation is 1. The van der Waals surface area contributed by atoms with Gasteiger partial charge in [-0.3, -0.25) is 5.10 Å². The van der Waals surface area contributed by atoms with Gasteiger partial charge in [-0.2, -0.15) is 5.10 Å². The van der Waals surface area contributed by atoms with E-state index in [0.717, 1.165) is 55.2 Å². The van der Waals surface area contributed by atoms with Crippen LogP contribution in [0.2, 0.25) is 0 Å². The normalized spacial score (nSPS) is 17.0. The fraction of sp³-hybridized carbons (Fsp3) is 0.526. The van der Waals surface area contributed by atoms with Gasteiger partial charge in [0.25, 0.3) is 0 Å². The molecule has 1 atom stereocenters. The lowest BCUT2D eigenvalue weighted by Crippen LogP contribution is -2.46. The number of likely N-dealkylation sites (N-methyl/N-ethyl adjacent to an activating group) is 1. The van der Waals surface area contributed by atoms with E-state index in [-0.39, 0.29) is 11.9 Å². The first kappa shape index (κ1) is 17.9. The molecule has 2 aromatic rings. The quantitative estimate of drug-likeness (QED) is 0.845. The Bertz CT molecular complexity index is 691. The molecule has 1 aliphatic rings. The number of nitrogens with zero attached hydrogens (tertiary/aromatic N) is 3. The number of hydrogen-bond donors (Lipinski definition) is 2. The first-order valence-corrected chi connectivity index (χ1v) is 9.07. The second kappa shape index (κ2) is 7.97. The van der Waals surface area contributed by atoms with Crippen molar-refractivity contribution in [2.45, 2.75) is 33.4 Å². The number of anilines is 1. The van der Waals surface area contributed by atoms with Crippen LogP contribution in [0, 0.1) is 12.7 Å². The first-order valence-electron chi connectivity index (χ1n) is 9.07. The van der Waals surface area contributed by atoms with E-state index in [1.807, 2.05) is 19.2 Å². The van der Waals surface area contributed by atoms with Crippen molar-refractivity contribution in [3.05, 3.63) is 47.0 Å². The molecular formula is C19H28FN5. The Balaban J connectivity index is 1.73. The van der Waals surface area contributed by atoms with E-state index in [4.69, 9.17) is 0 Å². The van der Waals surface area contributed by atoms with Crippen molar-refractivity contribution < 1.29 is 4.39 Å². The molecule has 1 aliphatic heterocycles. The van der Waals surface area contributed by atoms with Crippen LogP contribution in [-0.4, -0.2) is 47.8 Å². The van der Waals surface area contributed by atoms with Crippen molar-refractivity contribution in [2.24, 2.45) is 0 Å². The highest BCUT2D eigenvalue weighted by Gasteiger charge is 2.21. The summed E-state index contributed by atoms with van der Waals surface area (Å²) >= 11 is 0. The summed E-state index contributed by atoms with van der Waals surface area (Å²) in [5, 5.41) is 10.5. The molecule has 0 saturated carbocycles. The largest absolute Gasteiger partial charge is 0.369 e. The maximum atomic E-state index is 13.9. The summed E-state index contributed by atoms with van der Waals surface area (Å²) < 4.78 is 13.9. The van der Waals surface area contributed by atoms with Crippen LogP contribution in [-0.2, 0) is 6.54 Å². The van der Waals surface area contributed by atoms with E-state index in [0.29, 0.717) is 6.54 Å². The molecule has 1 unspecified atom stereocenters. The molecule has 1 aromatic heterocycles. The first-order chi connectivity index (χ1) is 12.1. The molecule has 5 nitrogen and oxygen atoms in total. The predicted molar refractivity (Wildman–Crippen MR) is 99.3 cm³/mol. The average molecular weight is 345 g/mol. The summed E-state index contributed by atoms with van der Waals surface area (Å²) in [4.78, 5) is 4.82. The minimum atomic E-state index is -0.181. The van der Waals surface area contributed by atoms with Crippen molar-refractivity contribution in [3.63, 3.8) is 0 Å². The van der Waals surface area contributed by atoms with Gasteiger partial charge >= 0.3 is 0 Å². The number of benzene rings is 1. The molecule has 1 fully saturated rings. The minimum absolute atomic E-state index is 0.0594. The Morgan fingerprint density at radius 3 is 2.68 bits per heavy atom. The van der Waals surface area contributed by atoms with Crippen molar-refractivity contribution in [2.75, 3.05) is 37.6 Å². The molecule has 2 N–H and O–H groups in total. The molecule has 0 bridgehead atoms. The van der Waals surface area contributed by atoms with Gasteiger partial charge < -0.3 is 15.1 Å². The highest BCUT2D eigenvalue weighted by atomic mass is 19.1. The molecular weight excluding hydrogens is 317 g/mol. The molecule has 2 heterocycles. The van der Waals surface area contributed by atoms with Gasteiger partial charge in [-0.15, -0.1) is 0 Å². The van der Waals surface area contributed by atoms with Crippen LogP contribution in [0.15, 0.2) is 24.4 Å². The molecule has 136 valence electrons. The Morgan fingerprint density at radius 1 is 1.28 bits per heavy atom. The second-order valence-electron chi connectivity index (χ2n) is 6.75. The van der Waals surface area contributed by atoms with Crippen molar-refractivity contribution in [1.29, 1.82) is 0 Å². The van der Waals surface area contributed by atoms with Crippen LogP contribution in [0.3, 0.4) is 0 Å². The molecule has 0 aliphatic carbocycles. The zero-order valence-corrected chi connectivity index (χ0v) is 15.3. The number of nitrogens with one attached hydrogen (secondary N) is 2. The van der Waals surface area contributed by atoms with Crippen LogP contribution < -0.4 is 10.2 Å². The molecule has 6 heteroatoms. The number of rotatable bonds is 6. The van der Waals surface area contributed by atoms with Gasteiger partial charge in [-0.1, -0.05) is 6.92 Å². The number of piperazine rings is 1. The van der Waals surface area contributed by atoms with Gasteiger partial charge in [0.1, 0.15) is 5.82 Å². The van der Waals surface area contributed by atoms with Gasteiger partial charge in [0.2, 0.25) is 0 Å². The van der Waals surface area contributed by atoms with Crippen molar-refractivity contribution in [3.8, 4) is 0 Å². The van der Waals surface area contributed by atoms with E-state index in [1.165, 1.54) is 0 Å². The van der Waals surface area contributed by atoms with Crippen LogP contribution in [0.1, 0.15) is 36.7 Å². The van der Waals surface area contributed by atoms with Gasteiger partial charge in [-0.05, 0) is 44.2 Å². The predicted octanol–water partition coefficient (Wildman–Crippen LogP) is 2.85. The number of H-pyrrole nitrogens is 1. The second-order valence-corrected chi connectivity index (χ2v) is 6.75. The zero-order valence-electron chi connectivity index (χ0n) is 15.3. The molecule has 0 amide bonds. The Hall–Kier alpha value is -1.92. The highest BCUT2D eigenvalue weighted by Crippen LogP contribution is 2.28. The molecule has 25 heavy (non-hydrogen) atoms. The van der Waals surface area contributed by atoms with Gasteiger partial charge in [0.05, 0.1) is 6.20 Å². The third-order valence-electron chi connectivity index (χ3n) is 5.15. The van der Waals surface area contributed by atoms with E-state index < -0.39 is 0 Å². The van der Waals surface area contributed by atoms with Gasteiger partial charge in [0.15, 0.2) is 0 Å². The van der Waals surface area contributed by atoms with Gasteiger partial charge in [0, 0.05) is 55.7 Å². The Morgan fingerprint density at radius 2 is 2.04 bits per heavy atom. The number of halogens is 1. The minimum Gasteiger partial charge on any atom is -0.369 e. The monoisotopic (exact) mass is 345 g/mol. The number of hydrogen-bond acceptors (Lipinski definition) is 4. The summed E-state index contributed by atoms with van der Waals surface area (Å²) in [7, 11) is 0. The average Bonchev–Trinajstić information content (AvgIpc) is 3.04. The third kappa shape index (κ3) is 4.19. The summed E-state index contributed by atoms with van der Waals surface area (Å²) in [6.45, 7) is 12.2. The Kier molecular flexibility index (Phi) is 5.71. The molecule has 0 radical (unpaired) electrons. The smallest absolute Gasteiger partial charge is 0.123 e. The van der Waals surface area contributed by atoms with Crippen molar-refractivity contribution >= 4 is 5.69 Å². The van der Waals surface area contributed by atoms with E-state index in [2.05, 4.69) is 39.2 Å². The maximum Gasteiger partial charge on any atom is 0.123 e.